The van der Waals surface area contributed by atoms with Gasteiger partial charge in [-0.2, -0.15) is 0 Å². The van der Waals surface area contributed by atoms with Crippen molar-refractivity contribution in [3.05, 3.63) is 64.2 Å². The van der Waals surface area contributed by atoms with Gasteiger partial charge in [-0.05, 0) is 42.3 Å². The molecule has 1 aliphatic heterocycles. The molecule has 2 aromatic rings. The van der Waals surface area contributed by atoms with Crippen molar-refractivity contribution in [1.82, 2.24) is 4.90 Å². The Labute approximate surface area is 199 Å². The maximum atomic E-state index is 13.5. The number of hydrogen-bond donors (Lipinski definition) is 1. The van der Waals surface area contributed by atoms with Crippen LogP contribution in [0.1, 0.15) is 30.5 Å². The van der Waals surface area contributed by atoms with Gasteiger partial charge >= 0.3 is 0 Å². The number of methoxy groups -OCH3 is 1. The van der Waals surface area contributed by atoms with E-state index >= 15 is 0 Å². The summed E-state index contributed by atoms with van der Waals surface area (Å²) in [5.74, 6) is -0.946. The molecule has 1 aliphatic rings. The fourth-order valence-corrected chi connectivity index (χ4v) is 4.17. The Balaban J connectivity index is 2.10. The summed E-state index contributed by atoms with van der Waals surface area (Å²) >= 11 is 6.28. The Morgan fingerprint density at radius 1 is 1.18 bits per heavy atom. The largest absolute Gasteiger partial charge is 0.872 e. The fraction of sp³-hybridized carbons (Fsp3) is 0.360. The van der Waals surface area contributed by atoms with E-state index in [1.807, 2.05) is 21.0 Å². The molecule has 0 spiro atoms. The van der Waals surface area contributed by atoms with E-state index in [1.165, 1.54) is 15.9 Å². The number of carbonyl (C=O) groups excluding carboxylic acids is 2. The average molecular weight is 473 g/mol. The number of likely N-dealkylation sites (tertiary alicyclic amines) is 1. The minimum Gasteiger partial charge on any atom is -0.872 e. The maximum Gasteiger partial charge on any atom is 0.295 e. The van der Waals surface area contributed by atoms with E-state index in [0.717, 1.165) is 6.54 Å². The highest BCUT2D eigenvalue weighted by atomic mass is 35.5. The first-order chi connectivity index (χ1) is 15.8. The van der Waals surface area contributed by atoms with Crippen LogP contribution < -0.4 is 19.5 Å². The molecule has 33 heavy (non-hydrogen) atoms. The molecular formula is C25H29ClN2O5. The summed E-state index contributed by atoms with van der Waals surface area (Å²) in [4.78, 5) is 28.8. The molecule has 1 amide bonds. The van der Waals surface area contributed by atoms with Crippen molar-refractivity contribution in [2.75, 3.05) is 40.9 Å². The standard InChI is InChI=1S/C25H29ClN2O5/c1-5-33-20-11-10-17(15-19(20)26)23(29)21-22(16-8-6-9-18(14-16)32-4)28(25(31)24(21)30)13-7-12-27(2)3/h6,8-11,14-15,22,29H,5,7,12-13H2,1-4H3. The zero-order chi connectivity index (χ0) is 24.1. The molecule has 0 aromatic heterocycles. The quantitative estimate of drug-likeness (QED) is 0.340. The van der Waals surface area contributed by atoms with Crippen LogP contribution in [0.3, 0.4) is 0 Å². The molecule has 3 rings (SSSR count). The van der Waals surface area contributed by atoms with Gasteiger partial charge in [0.1, 0.15) is 11.5 Å². The highest BCUT2D eigenvalue weighted by molar-refractivity contribution is 6.46. The van der Waals surface area contributed by atoms with E-state index in [0.29, 0.717) is 36.6 Å². The summed E-state index contributed by atoms with van der Waals surface area (Å²) in [6.07, 6.45) is 0.693. The first-order valence-corrected chi connectivity index (χ1v) is 11.3. The number of ketones is 1. The van der Waals surface area contributed by atoms with Crippen molar-refractivity contribution in [2.45, 2.75) is 19.4 Å². The molecule has 1 N–H and O–H groups in total. The van der Waals surface area contributed by atoms with Crippen molar-refractivity contribution in [3.8, 4) is 11.5 Å². The van der Waals surface area contributed by atoms with E-state index in [1.54, 1.807) is 43.5 Å². The summed E-state index contributed by atoms with van der Waals surface area (Å²) in [7, 11) is 5.58. The van der Waals surface area contributed by atoms with Gasteiger partial charge in [-0.1, -0.05) is 35.6 Å². The fourth-order valence-electron chi connectivity index (χ4n) is 3.93. The van der Waals surface area contributed by atoms with E-state index in [9.17, 15) is 14.7 Å². The molecule has 1 unspecified atom stereocenters. The van der Waals surface area contributed by atoms with Gasteiger partial charge in [0.15, 0.2) is 0 Å². The number of halogens is 1. The van der Waals surface area contributed by atoms with Crippen LogP contribution in [0.15, 0.2) is 48.0 Å². The molecule has 0 radical (unpaired) electrons. The van der Waals surface area contributed by atoms with Crippen LogP contribution in [0.5, 0.6) is 11.5 Å². The first kappa shape index (κ1) is 24.6. The predicted octanol–water partition coefficient (Wildman–Crippen LogP) is 1.51. The van der Waals surface area contributed by atoms with Gasteiger partial charge in [0.05, 0.1) is 45.4 Å². The van der Waals surface area contributed by atoms with Crippen LogP contribution in [-0.2, 0) is 9.59 Å². The monoisotopic (exact) mass is 472 g/mol. The van der Waals surface area contributed by atoms with Crippen LogP contribution in [0.2, 0.25) is 5.02 Å². The zero-order valence-corrected chi connectivity index (χ0v) is 20.1. The minimum absolute atomic E-state index is 0.0781. The SMILES string of the molecule is CCOc1ccc(C([O-])=C2C(=O)C(=O)N(CCC[NH+](C)C)C2c2cccc(OC)c2)cc1Cl. The van der Waals surface area contributed by atoms with Crippen LogP contribution in [-0.4, -0.2) is 57.5 Å². The Morgan fingerprint density at radius 3 is 2.58 bits per heavy atom. The van der Waals surface area contributed by atoms with Crippen LogP contribution >= 0.6 is 11.6 Å². The molecule has 0 saturated carbocycles. The maximum absolute atomic E-state index is 13.5. The first-order valence-electron chi connectivity index (χ1n) is 10.9. The molecule has 1 heterocycles. The average Bonchev–Trinajstić information content (AvgIpc) is 3.05. The second-order valence-electron chi connectivity index (χ2n) is 8.14. The van der Waals surface area contributed by atoms with E-state index in [-0.39, 0.29) is 16.2 Å². The molecular weight excluding hydrogens is 444 g/mol. The number of nitrogens with one attached hydrogen (secondary N) is 1. The molecule has 0 bridgehead atoms. The molecule has 1 atom stereocenters. The van der Waals surface area contributed by atoms with Crippen LogP contribution in [0.4, 0.5) is 0 Å². The number of quaternary nitrogens is 1. The Morgan fingerprint density at radius 2 is 1.94 bits per heavy atom. The lowest BCUT2D eigenvalue weighted by molar-refractivity contribution is -0.858. The Hall–Kier alpha value is -3.03. The highest BCUT2D eigenvalue weighted by Gasteiger charge is 2.44. The van der Waals surface area contributed by atoms with E-state index < -0.39 is 23.5 Å². The summed E-state index contributed by atoms with van der Waals surface area (Å²) in [5.41, 5.74) is 0.795. The highest BCUT2D eigenvalue weighted by Crippen LogP contribution is 2.40. The van der Waals surface area contributed by atoms with Crippen LogP contribution in [0, 0.1) is 0 Å². The molecule has 1 fully saturated rings. The second kappa shape index (κ2) is 10.7. The van der Waals surface area contributed by atoms with Crippen molar-refractivity contribution >= 4 is 29.1 Å². The number of carbonyl (C=O) groups is 2. The van der Waals surface area contributed by atoms with Gasteiger partial charge in [0, 0.05) is 18.5 Å². The molecule has 8 heteroatoms. The van der Waals surface area contributed by atoms with Gasteiger partial charge in [0.25, 0.3) is 5.91 Å². The number of nitrogens with zero attached hydrogens (tertiary/aromatic N) is 1. The molecule has 7 nitrogen and oxygen atoms in total. The lowest BCUT2D eigenvalue weighted by atomic mass is 9.95. The zero-order valence-electron chi connectivity index (χ0n) is 19.3. The van der Waals surface area contributed by atoms with Gasteiger partial charge in [-0.15, -0.1) is 0 Å². The third-order valence-corrected chi connectivity index (χ3v) is 5.80. The van der Waals surface area contributed by atoms with Crippen molar-refractivity contribution in [3.63, 3.8) is 0 Å². The van der Waals surface area contributed by atoms with Crippen LogP contribution in [0.25, 0.3) is 5.76 Å². The molecule has 2 aromatic carbocycles. The van der Waals surface area contributed by atoms with Gasteiger partial charge in [-0.3, -0.25) is 9.59 Å². The molecule has 1 saturated heterocycles. The number of ether oxygens (including phenoxy) is 2. The third-order valence-electron chi connectivity index (χ3n) is 5.51. The number of amides is 1. The smallest absolute Gasteiger partial charge is 0.295 e. The van der Waals surface area contributed by atoms with Gasteiger partial charge in [0.2, 0.25) is 5.78 Å². The summed E-state index contributed by atoms with van der Waals surface area (Å²) in [6.45, 7) is 3.44. The lowest BCUT2D eigenvalue weighted by Crippen LogP contribution is -3.05. The number of Topliss-reactive ketones (excluding diaryl/α,β-unsaturated/α-hetero) is 1. The summed E-state index contributed by atoms with van der Waals surface area (Å²) in [5, 5.41) is 13.8. The van der Waals surface area contributed by atoms with Gasteiger partial charge < -0.3 is 24.4 Å². The Bertz CT molecular complexity index is 1070. The number of benzene rings is 2. The van der Waals surface area contributed by atoms with Crippen molar-refractivity contribution in [1.29, 1.82) is 0 Å². The van der Waals surface area contributed by atoms with Crippen molar-refractivity contribution in [2.24, 2.45) is 0 Å². The number of hydrogen-bond acceptors (Lipinski definition) is 5. The van der Waals surface area contributed by atoms with E-state index in [4.69, 9.17) is 21.1 Å². The molecule has 0 aliphatic carbocycles. The van der Waals surface area contributed by atoms with Crippen molar-refractivity contribution < 1.29 is 29.1 Å². The Kier molecular flexibility index (Phi) is 8.00. The van der Waals surface area contributed by atoms with Gasteiger partial charge in [-0.25, -0.2) is 0 Å². The summed E-state index contributed by atoms with van der Waals surface area (Å²) < 4.78 is 10.8. The summed E-state index contributed by atoms with van der Waals surface area (Å²) in [6, 6.07) is 10.9. The minimum atomic E-state index is -0.796. The topological polar surface area (TPSA) is 83.3 Å². The molecule has 176 valence electrons. The lowest BCUT2D eigenvalue weighted by Gasteiger charge is -2.28. The normalized spacial score (nSPS) is 17.6. The second-order valence-corrected chi connectivity index (χ2v) is 8.55. The third kappa shape index (κ3) is 5.31. The van der Waals surface area contributed by atoms with E-state index in [2.05, 4.69) is 0 Å². The predicted molar refractivity (Wildman–Crippen MR) is 124 cm³/mol. The number of rotatable bonds is 9.